The second-order valence-corrected chi connectivity index (χ2v) is 7.13. The summed E-state index contributed by atoms with van der Waals surface area (Å²) in [6, 6.07) is 5.23. The van der Waals surface area contributed by atoms with Crippen LogP contribution < -0.4 is 0 Å². The number of esters is 1. The highest BCUT2D eigenvalue weighted by atomic mass is 19.4. The zero-order valence-electron chi connectivity index (χ0n) is 15.5. The van der Waals surface area contributed by atoms with Crippen molar-refractivity contribution in [2.75, 3.05) is 0 Å². The molecule has 0 amide bonds. The number of rotatable bonds is 6. The topological polar surface area (TPSA) is 26.3 Å². The summed E-state index contributed by atoms with van der Waals surface area (Å²) < 4.78 is 61.7. The first-order valence-electron chi connectivity index (χ1n) is 8.52. The second-order valence-electron chi connectivity index (χ2n) is 7.13. The number of alkyl halides is 3. The fourth-order valence-corrected chi connectivity index (χ4v) is 3.30. The smallest absolute Gasteiger partial charge is 0.409 e. The average molecular weight is 382 g/mol. The van der Waals surface area contributed by atoms with Crippen molar-refractivity contribution in [3.63, 3.8) is 0 Å². The molecule has 2 atom stereocenters. The Hall–Kier alpha value is -2.37. The molecule has 2 nitrogen and oxygen atoms in total. The highest BCUT2D eigenvalue weighted by molar-refractivity contribution is 5.93. The van der Waals surface area contributed by atoms with Crippen LogP contribution in [0.25, 0.3) is 5.76 Å². The van der Waals surface area contributed by atoms with Crippen molar-refractivity contribution in [1.82, 2.24) is 0 Å². The van der Waals surface area contributed by atoms with E-state index in [1.807, 2.05) is 13.8 Å². The zero-order valence-corrected chi connectivity index (χ0v) is 15.5. The summed E-state index contributed by atoms with van der Waals surface area (Å²) in [4.78, 5) is 12.6. The number of carbonyl (C=O) groups is 1. The van der Waals surface area contributed by atoms with Gasteiger partial charge in [-0.25, -0.2) is 4.39 Å². The minimum Gasteiger partial charge on any atom is -0.425 e. The molecule has 1 aliphatic rings. The highest BCUT2D eigenvalue weighted by Crippen LogP contribution is 2.59. The quantitative estimate of drug-likeness (QED) is 0.332. The summed E-state index contributed by atoms with van der Waals surface area (Å²) in [5.41, 5.74) is -3.83. The van der Waals surface area contributed by atoms with E-state index >= 15 is 0 Å². The van der Waals surface area contributed by atoms with Crippen LogP contribution in [0.2, 0.25) is 0 Å². The first-order chi connectivity index (χ1) is 12.5. The molecule has 0 radical (unpaired) electrons. The van der Waals surface area contributed by atoms with E-state index in [1.165, 1.54) is 25.1 Å². The van der Waals surface area contributed by atoms with Crippen molar-refractivity contribution >= 4 is 11.7 Å². The molecule has 0 aliphatic carbocycles. The van der Waals surface area contributed by atoms with E-state index in [2.05, 4.69) is 6.58 Å². The van der Waals surface area contributed by atoms with Crippen molar-refractivity contribution in [2.45, 2.75) is 39.8 Å². The number of hydrogen-bond donors (Lipinski definition) is 0. The van der Waals surface area contributed by atoms with Gasteiger partial charge < -0.3 is 4.74 Å². The van der Waals surface area contributed by atoms with Gasteiger partial charge in [-0.1, -0.05) is 36.8 Å². The summed E-state index contributed by atoms with van der Waals surface area (Å²) in [6.45, 7) is 8.56. The minimum absolute atomic E-state index is 0.0251. The number of benzene rings is 1. The first kappa shape index (κ1) is 20.9. The Labute approximate surface area is 156 Å². The van der Waals surface area contributed by atoms with Gasteiger partial charge in [0.2, 0.25) is 0 Å². The summed E-state index contributed by atoms with van der Waals surface area (Å²) in [6.07, 6.45) is -0.936. The lowest BCUT2D eigenvalue weighted by atomic mass is 9.61. The molecule has 1 heterocycles. The second kappa shape index (κ2) is 7.33. The Morgan fingerprint density at radius 3 is 2.41 bits per heavy atom. The van der Waals surface area contributed by atoms with Gasteiger partial charge in [-0.3, -0.25) is 4.79 Å². The van der Waals surface area contributed by atoms with Gasteiger partial charge in [0.05, 0.1) is 5.56 Å². The molecule has 1 aromatic rings. The molecule has 2 unspecified atom stereocenters. The number of carbonyl (C=O) groups excluding carboxylic acids is 1. The van der Waals surface area contributed by atoms with Gasteiger partial charge in [-0.05, 0) is 44.9 Å². The first-order valence-corrected chi connectivity index (χ1v) is 8.52. The minimum atomic E-state index is -4.94. The number of ether oxygens (including phenoxy) is 1. The fourth-order valence-electron chi connectivity index (χ4n) is 3.30. The maximum Gasteiger partial charge on any atom is 0.409 e. The lowest BCUT2D eigenvalue weighted by Gasteiger charge is -2.41. The maximum absolute atomic E-state index is 14.2. The van der Waals surface area contributed by atoms with Gasteiger partial charge in [0, 0.05) is 5.41 Å². The Morgan fingerprint density at radius 1 is 1.26 bits per heavy atom. The summed E-state index contributed by atoms with van der Waals surface area (Å²) in [7, 11) is 0. The Balaban J connectivity index is 2.62. The molecule has 0 aromatic heterocycles. The predicted molar refractivity (Wildman–Crippen MR) is 95.9 cm³/mol. The van der Waals surface area contributed by atoms with Gasteiger partial charge in [0.25, 0.3) is 0 Å². The van der Waals surface area contributed by atoms with Crippen molar-refractivity contribution in [3.8, 4) is 0 Å². The fraction of sp³-hybridized carbons (Fsp3) is 0.381. The molecular weight excluding hydrogens is 360 g/mol. The molecule has 2 rings (SSSR count). The van der Waals surface area contributed by atoms with Crippen molar-refractivity contribution < 1.29 is 27.1 Å². The predicted octanol–water partition coefficient (Wildman–Crippen LogP) is 6.21. The van der Waals surface area contributed by atoms with Crippen LogP contribution in [0, 0.1) is 16.6 Å². The van der Waals surface area contributed by atoms with Crippen molar-refractivity contribution in [2.24, 2.45) is 10.8 Å². The highest BCUT2D eigenvalue weighted by Gasteiger charge is 2.70. The molecule has 1 aliphatic heterocycles. The summed E-state index contributed by atoms with van der Waals surface area (Å²) in [5.74, 6) is -2.65. The SMILES string of the molecule is C=CC(C)(CCC=C(C)C)C1(C(F)(F)F)C=C(c2ccccc2F)OC1=O. The van der Waals surface area contributed by atoms with Crippen LogP contribution in [0.3, 0.4) is 0 Å². The van der Waals surface area contributed by atoms with Crippen LogP contribution in [0.1, 0.15) is 39.2 Å². The maximum atomic E-state index is 14.2. The summed E-state index contributed by atoms with van der Waals surface area (Å²) in [5, 5.41) is 0. The van der Waals surface area contributed by atoms with Gasteiger partial charge in [0.15, 0.2) is 5.41 Å². The van der Waals surface area contributed by atoms with Crippen LogP contribution in [-0.4, -0.2) is 12.1 Å². The average Bonchev–Trinajstić information content (AvgIpc) is 2.93. The van der Waals surface area contributed by atoms with Crippen LogP contribution in [0.5, 0.6) is 0 Å². The van der Waals surface area contributed by atoms with E-state index in [1.54, 1.807) is 6.08 Å². The largest absolute Gasteiger partial charge is 0.425 e. The van der Waals surface area contributed by atoms with Crippen LogP contribution in [0.4, 0.5) is 17.6 Å². The molecule has 0 bridgehead atoms. The molecule has 0 spiro atoms. The monoisotopic (exact) mass is 382 g/mol. The Bertz CT molecular complexity index is 803. The van der Waals surface area contributed by atoms with Gasteiger partial charge in [-0.2, -0.15) is 13.2 Å². The van der Waals surface area contributed by atoms with Gasteiger partial charge in [-0.15, -0.1) is 6.58 Å². The van der Waals surface area contributed by atoms with E-state index in [9.17, 15) is 22.4 Å². The molecule has 6 heteroatoms. The molecule has 146 valence electrons. The number of cyclic esters (lactones) is 1. The third-order valence-electron chi connectivity index (χ3n) is 5.03. The Morgan fingerprint density at radius 2 is 1.89 bits per heavy atom. The molecule has 0 saturated carbocycles. The normalized spacial score (nSPS) is 21.9. The van der Waals surface area contributed by atoms with Crippen LogP contribution >= 0.6 is 0 Å². The number of hydrogen-bond acceptors (Lipinski definition) is 2. The van der Waals surface area contributed by atoms with E-state index in [-0.39, 0.29) is 12.0 Å². The van der Waals surface area contributed by atoms with Crippen LogP contribution in [-0.2, 0) is 9.53 Å². The number of allylic oxidation sites excluding steroid dienone is 3. The van der Waals surface area contributed by atoms with E-state index in [4.69, 9.17) is 4.74 Å². The molecule has 27 heavy (non-hydrogen) atoms. The number of halogens is 4. The molecule has 0 saturated heterocycles. The molecular formula is C21H22F4O2. The van der Waals surface area contributed by atoms with E-state index < -0.39 is 34.6 Å². The lowest BCUT2D eigenvalue weighted by Crippen LogP contribution is -2.52. The van der Waals surface area contributed by atoms with Gasteiger partial charge >= 0.3 is 12.1 Å². The molecule has 0 fully saturated rings. The molecule has 0 N–H and O–H groups in total. The lowest BCUT2D eigenvalue weighted by molar-refractivity contribution is -0.235. The standard InChI is InChI=1S/C21H22F4O2/c1-5-19(4,12-8-9-14(2)3)20(21(23,24)25)13-17(27-18(20)26)15-10-6-7-11-16(15)22/h5-7,9-11,13H,1,8,12H2,2-4H3. The third kappa shape index (κ3) is 3.57. The van der Waals surface area contributed by atoms with Crippen LogP contribution in [0.15, 0.2) is 54.6 Å². The molecule has 1 aromatic carbocycles. The summed E-state index contributed by atoms with van der Waals surface area (Å²) >= 11 is 0. The van der Waals surface area contributed by atoms with Crippen molar-refractivity contribution in [1.29, 1.82) is 0 Å². The van der Waals surface area contributed by atoms with E-state index in [0.717, 1.165) is 17.7 Å². The van der Waals surface area contributed by atoms with E-state index in [0.29, 0.717) is 12.5 Å². The van der Waals surface area contributed by atoms with Crippen molar-refractivity contribution in [3.05, 3.63) is 66.0 Å². The van der Waals surface area contributed by atoms with Gasteiger partial charge in [0.1, 0.15) is 11.6 Å². The zero-order chi connectivity index (χ0) is 20.5. The Kier molecular flexibility index (Phi) is 5.68. The third-order valence-corrected chi connectivity index (χ3v) is 5.03.